The van der Waals surface area contributed by atoms with E-state index in [4.69, 9.17) is 9.52 Å². The van der Waals surface area contributed by atoms with Crippen LogP contribution in [0, 0.1) is 0 Å². The lowest BCUT2D eigenvalue weighted by molar-refractivity contribution is 0.0691. The van der Waals surface area contributed by atoms with Crippen LogP contribution in [0.5, 0.6) is 0 Å². The van der Waals surface area contributed by atoms with Crippen LogP contribution in [0.3, 0.4) is 0 Å². The van der Waals surface area contributed by atoms with Crippen LogP contribution >= 0.6 is 0 Å². The van der Waals surface area contributed by atoms with Gasteiger partial charge in [-0.1, -0.05) is 0 Å². The molecule has 3 rings (SSSR count). The first kappa shape index (κ1) is 11.3. The van der Waals surface area contributed by atoms with Gasteiger partial charge in [-0.25, -0.2) is 4.79 Å². The van der Waals surface area contributed by atoms with Crippen molar-refractivity contribution in [3.8, 4) is 11.3 Å². The van der Waals surface area contributed by atoms with Crippen molar-refractivity contribution in [2.45, 2.75) is 0 Å². The number of furan rings is 1. The fraction of sp³-hybridized carbons (Fsp3) is 0. The normalized spacial score (nSPS) is 10.7. The first-order valence-electron chi connectivity index (χ1n) is 5.59. The quantitative estimate of drug-likeness (QED) is 0.705. The Hall–Kier alpha value is -2.82. The number of fused-ring (bicyclic) bond motifs is 1. The lowest BCUT2D eigenvalue weighted by atomic mass is 10.1. The molecule has 0 aliphatic heterocycles. The van der Waals surface area contributed by atoms with Gasteiger partial charge in [-0.3, -0.25) is 4.79 Å². The molecule has 0 bridgehead atoms. The molecule has 0 saturated carbocycles. The number of carbonyl (C=O) groups is 2. The summed E-state index contributed by atoms with van der Waals surface area (Å²) in [4.78, 5) is 24.3. The monoisotopic (exact) mass is 255 g/mol. The zero-order chi connectivity index (χ0) is 13.4. The molecule has 0 amide bonds. The van der Waals surface area contributed by atoms with Gasteiger partial charge in [0.15, 0.2) is 12.0 Å². The zero-order valence-electron chi connectivity index (χ0n) is 9.71. The standard InChI is InChI=1S/C14H9NO4/c16-7-10-2-4-13(19-10)8-1-3-11-9(5-8)6-12(15-11)14(17)18/h1-7,15H,(H,17,18). The molecule has 2 aromatic heterocycles. The molecule has 0 atom stereocenters. The number of benzene rings is 1. The molecular formula is C14H9NO4. The number of carboxylic acid groups (broad SMARTS) is 1. The Balaban J connectivity index is 2.10. The second-order valence-electron chi connectivity index (χ2n) is 4.11. The summed E-state index contributed by atoms with van der Waals surface area (Å²) in [6, 6.07) is 10.2. The van der Waals surface area contributed by atoms with E-state index in [1.807, 2.05) is 6.07 Å². The van der Waals surface area contributed by atoms with E-state index < -0.39 is 5.97 Å². The van der Waals surface area contributed by atoms with Crippen molar-refractivity contribution in [1.29, 1.82) is 0 Å². The van der Waals surface area contributed by atoms with E-state index in [2.05, 4.69) is 4.98 Å². The number of hydrogen-bond donors (Lipinski definition) is 2. The Morgan fingerprint density at radius 2 is 2.05 bits per heavy atom. The number of aromatic nitrogens is 1. The Bertz CT molecular complexity index is 782. The summed E-state index contributed by atoms with van der Waals surface area (Å²) >= 11 is 0. The van der Waals surface area contributed by atoms with E-state index >= 15 is 0 Å². The van der Waals surface area contributed by atoms with Gasteiger partial charge in [-0.2, -0.15) is 0 Å². The average molecular weight is 255 g/mol. The van der Waals surface area contributed by atoms with Crippen molar-refractivity contribution in [1.82, 2.24) is 4.98 Å². The third-order valence-electron chi connectivity index (χ3n) is 2.88. The summed E-state index contributed by atoms with van der Waals surface area (Å²) < 4.78 is 5.33. The number of carbonyl (C=O) groups excluding carboxylic acids is 1. The van der Waals surface area contributed by atoms with Crippen molar-refractivity contribution in [3.63, 3.8) is 0 Å². The maximum atomic E-state index is 10.9. The van der Waals surface area contributed by atoms with Gasteiger partial charge in [0, 0.05) is 16.5 Å². The van der Waals surface area contributed by atoms with E-state index in [1.54, 1.807) is 30.3 Å². The molecule has 2 N–H and O–H groups in total. The van der Waals surface area contributed by atoms with Crippen LogP contribution in [0.1, 0.15) is 21.0 Å². The molecule has 5 nitrogen and oxygen atoms in total. The van der Waals surface area contributed by atoms with Gasteiger partial charge < -0.3 is 14.5 Å². The van der Waals surface area contributed by atoms with Gasteiger partial charge >= 0.3 is 5.97 Å². The summed E-state index contributed by atoms with van der Waals surface area (Å²) in [5.41, 5.74) is 1.67. The van der Waals surface area contributed by atoms with Crippen molar-refractivity contribution in [2.24, 2.45) is 0 Å². The highest BCUT2D eigenvalue weighted by Gasteiger charge is 2.09. The number of rotatable bonds is 3. The molecule has 19 heavy (non-hydrogen) atoms. The molecule has 0 radical (unpaired) electrons. The van der Waals surface area contributed by atoms with E-state index in [1.165, 1.54) is 0 Å². The minimum absolute atomic E-state index is 0.139. The van der Waals surface area contributed by atoms with Gasteiger partial charge in [0.05, 0.1) is 0 Å². The first-order chi connectivity index (χ1) is 9.17. The van der Waals surface area contributed by atoms with Gasteiger partial charge in [-0.05, 0) is 36.4 Å². The SMILES string of the molecule is O=Cc1ccc(-c2ccc3[nH]c(C(=O)O)cc3c2)o1. The highest BCUT2D eigenvalue weighted by atomic mass is 16.4. The number of H-pyrrole nitrogens is 1. The van der Waals surface area contributed by atoms with Crippen molar-refractivity contribution >= 4 is 23.2 Å². The van der Waals surface area contributed by atoms with Gasteiger partial charge in [0.2, 0.25) is 0 Å². The van der Waals surface area contributed by atoms with E-state index in [0.717, 1.165) is 16.5 Å². The second kappa shape index (κ2) is 4.13. The minimum atomic E-state index is -1.00. The molecule has 0 saturated heterocycles. The Labute approximate surface area is 107 Å². The molecule has 0 unspecified atom stereocenters. The number of hydrogen-bond acceptors (Lipinski definition) is 3. The summed E-state index contributed by atoms with van der Waals surface area (Å²) in [6.07, 6.45) is 0.640. The lowest BCUT2D eigenvalue weighted by Gasteiger charge is -1.96. The highest BCUT2D eigenvalue weighted by Crippen LogP contribution is 2.26. The molecule has 3 aromatic rings. The molecule has 1 aromatic carbocycles. The summed E-state index contributed by atoms with van der Waals surface area (Å²) in [5.74, 6) is -0.170. The number of nitrogens with one attached hydrogen (secondary N) is 1. The van der Waals surface area contributed by atoms with Crippen molar-refractivity contribution in [3.05, 3.63) is 47.9 Å². The predicted octanol–water partition coefficient (Wildman–Crippen LogP) is 2.94. The molecule has 0 spiro atoms. The Kier molecular flexibility index (Phi) is 2.45. The summed E-state index contributed by atoms with van der Waals surface area (Å²) in [5, 5.41) is 9.70. The molecule has 0 fully saturated rings. The Morgan fingerprint density at radius 1 is 1.21 bits per heavy atom. The molecule has 94 valence electrons. The van der Waals surface area contributed by atoms with E-state index in [-0.39, 0.29) is 11.5 Å². The van der Waals surface area contributed by atoms with Crippen LogP contribution in [0.2, 0.25) is 0 Å². The zero-order valence-corrected chi connectivity index (χ0v) is 9.71. The number of aromatic amines is 1. The lowest BCUT2D eigenvalue weighted by Crippen LogP contribution is -1.94. The first-order valence-corrected chi connectivity index (χ1v) is 5.59. The number of aromatic carboxylic acids is 1. The van der Waals surface area contributed by atoms with Crippen molar-refractivity contribution < 1.29 is 19.1 Å². The summed E-state index contributed by atoms with van der Waals surface area (Å²) in [7, 11) is 0. The fourth-order valence-electron chi connectivity index (χ4n) is 1.97. The number of carboxylic acids is 1. The van der Waals surface area contributed by atoms with E-state index in [9.17, 15) is 9.59 Å². The predicted molar refractivity (Wildman–Crippen MR) is 68.3 cm³/mol. The third kappa shape index (κ3) is 1.91. The largest absolute Gasteiger partial charge is 0.477 e. The van der Waals surface area contributed by atoms with Gasteiger partial charge in [-0.15, -0.1) is 0 Å². The highest BCUT2D eigenvalue weighted by molar-refractivity contribution is 5.95. The van der Waals surface area contributed by atoms with Gasteiger partial charge in [0.1, 0.15) is 11.5 Å². The van der Waals surface area contributed by atoms with Crippen LogP contribution in [-0.2, 0) is 0 Å². The molecular weight excluding hydrogens is 246 g/mol. The van der Waals surface area contributed by atoms with Crippen LogP contribution in [0.25, 0.3) is 22.2 Å². The maximum Gasteiger partial charge on any atom is 0.352 e. The molecule has 2 heterocycles. The molecule has 0 aliphatic rings. The molecule has 0 aliphatic carbocycles. The molecule has 5 heteroatoms. The third-order valence-corrected chi connectivity index (χ3v) is 2.88. The summed E-state index contributed by atoms with van der Waals surface area (Å²) in [6.45, 7) is 0. The fourth-order valence-corrected chi connectivity index (χ4v) is 1.97. The van der Waals surface area contributed by atoms with Crippen LogP contribution in [0.15, 0.2) is 40.8 Å². The van der Waals surface area contributed by atoms with Crippen LogP contribution < -0.4 is 0 Å². The maximum absolute atomic E-state index is 10.9. The van der Waals surface area contributed by atoms with Crippen molar-refractivity contribution in [2.75, 3.05) is 0 Å². The van der Waals surface area contributed by atoms with E-state index in [0.29, 0.717) is 12.0 Å². The van der Waals surface area contributed by atoms with Crippen LogP contribution in [0.4, 0.5) is 0 Å². The second-order valence-corrected chi connectivity index (χ2v) is 4.11. The average Bonchev–Trinajstić information content (AvgIpc) is 3.04. The smallest absolute Gasteiger partial charge is 0.352 e. The topological polar surface area (TPSA) is 83.3 Å². The minimum Gasteiger partial charge on any atom is -0.477 e. The van der Waals surface area contributed by atoms with Gasteiger partial charge in [0.25, 0.3) is 0 Å². The van der Waals surface area contributed by atoms with Crippen LogP contribution in [-0.4, -0.2) is 22.3 Å². The number of aldehydes is 1. The Morgan fingerprint density at radius 3 is 2.74 bits per heavy atom.